The number of rotatable bonds is 1. The standard InChI is InChI=1S/C10H9NO/c12-7-8-1-2-9-3-4-11-6-10(9)5-8/h1-6,12H,7H2. The van der Waals surface area contributed by atoms with Gasteiger partial charge in [0.25, 0.3) is 0 Å². The van der Waals surface area contributed by atoms with Crippen LogP contribution in [0.1, 0.15) is 5.56 Å². The average Bonchev–Trinajstić information content (AvgIpc) is 2.17. The van der Waals surface area contributed by atoms with Gasteiger partial charge in [-0.15, -0.1) is 0 Å². The van der Waals surface area contributed by atoms with E-state index in [1.807, 2.05) is 24.3 Å². The van der Waals surface area contributed by atoms with Crippen LogP contribution in [0.15, 0.2) is 36.7 Å². The van der Waals surface area contributed by atoms with Crippen molar-refractivity contribution in [2.24, 2.45) is 0 Å². The number of hydrogen-bond donors (Lipinski definition) is 1. The molecular formula is C10H9NO. The molecule has 1 heterocycles. The minimum atomic E-state index is 0.0881. The van der Waals surface area contributed by atoms with E-state index in [2.05, 4.69) is 4.98 Å². The second-order valence-corrected chi connectivity index (χ2v) is 2.72. The summed E-state index contributed by atoms with van der Waals surface area (Å²) >= 11 is 0. The van der Waals surface area contributed by atoms with Gasteiger partial charge in [0, 0.05) is 17.8 Å². The molecule has 2 aromatic rings. The lowest BCUT2D eigenvalue weighted by atomic mass is 10.1. The van der Waals surface area contributed by atoms with E-state index in [1.54, 1.807) is 12.4 Å². The van der Waals surface area contributed by atoms with Gasteiger partial charge in [-0.1, -0.05) is 12.1 Å². The van der Waals surface area contributed by atoms with Crippen molar-refractivity contribution in [3.8, 4) is 0 Å². The number of aromatic nitrogens is 1. The van der Waals surface area contributed by atoms with Gasteiger partial charge in [-0.3, -0.25) is 4.98 Å². The SMILES string of the molecule is OCc1ccc2ccncc2c1. The van der Waals surface area contributed by atoms with Crippen LogP contribution in [0.4, 0.5) is 0 Å². The molecule has 0 aliphatic heterocycles. The Morgan fingerprint density at radius 2 is 2.08 bits per heavy atom. The van der Waals surface area contributed by atoms with E-state index < -0.39 is 0 Å². The third-order valence-corrected chi connectivity index (χ3v) is 1.89. The average molecular weight is 159 g/mol. The summed E-state index contributed by atoms with van der Waals surface area (Å²) < 4.78 is 0. The van der Waals surface area contributed by atoms with Gasteiger partial charge < -0.3 is 5.11 Å². The first-order valence-corrected chi connectivity index (χ1v) is 3.83. The molecule has 1 N–H and O–H groups in total. The molecule has 2 rings (SSSR count). The highest BCUT2D eigenvalue weighted by molar-refractivity contribution is 5.81. The Morgan fingerprint density at radius 1 is 1.17 bits per heavy atom. The van der Waals surface area contributed by atoms with Crippen LogP contribution >= 0.6 is 0 Å². The lowest BCUT2D eigenvalue weighted by molar-refractivity contribution is 0.282. The zero-order chi connectivity index (χ0) is 8.39. The molecule has 12 heavy (non-hydrogen) atoms. The summed E-state index contributed by atoms with van der Waals surface area (Å²) in [5.41, 5.74) is 0.926. The van der Waals surface area contributed by atoms with Crippen LogP contribution < -0.4 is 0 Å². The van der Waals surface area contributed by atoms with Gasteiger partial charge in [0.05, 0.1) is 6.61 Å². The molecule has 2 nitrogen and oxygen atoms in total. The van der Waals surface area contributed by atoms with E-state index in [4.69, 9.17) is 5.11 Å². The Kier molecular flexibility index (Phi) is 1.76. The van der Waals surface area contributed by atoms with Gasteiger partial charge >= 0.3 is 0 Å². The molecule has 0 fully saturated rings. The van der Waals surface area contributed by atoms with Crippen molar-refractivity contribution in [3.63, 3.8) is 0 Å². The summed E-state index contributed by atoms with van der Waals surface area (Å²) in [5.74, 6) is 0. The van der Waals surface area contributed by atoms with E-state index in [0.29, 0.717) is 0 Å². The fourth-order valence-electron chi connectivity index (χ4n) is 1.23. The normalized spacial score (nSPS) is 10.4. The molecule has 0 aliphatic carbocycles. The van der Waals surface area contributed by atoms with Gasteiger partial charge in [-0.05, 0) is 23.1 Å². The molecule has 1 aromatic carbocycles. The molecular weight excluding hydrogens is 150 g/mol. The topological polar surface area (TPSA) is 33.1 Å². The minimum Gasteiger partial charge on any atom is -0.392 e. The van der Waals surface area contributed by atoms with Crippen molar-refractivity contribution in [2.45, 2.75) is 6.61 Å². The number of benzene rings is 1. The molecule has 1 aromatic heterocycles. The first kappa shape index (κ1) is 7.25. The van der Waals surface area contributed by atoms with Crippen LogP contribution in [0.3, 0.4) is 0 Å². The molecule has 0 atom stereocenters. The molecule has 60 valence electrons. The second-order valence-electron chi connectivity index (χ2n) is 2.72. The van der Waals surface area contributed by atoms with Crippen LogP contribution in [-0.4, -0.2) is 10.1 Å². The van der Waals surface area contributed by atoms with E-state index in [-0.39, 0.29) is 6.61 Å². The van der Waals surface area contributed by atoms with Crippen molar-refractivity contribution < 1.29 is 5.11 Å². The molecule has 0 unspecified atom stereocenters. The third-order valence-electron chi connectivity index (χ3n) is 1.89. The number of nitrogens with zero attached hydrogens (tertiary/aromatic N) is 1. The maximum Gasteiger partial charge on any atom is 0.0682 e. The number of aliphatic hydroxyl groups is 1. The fraction of sp³-hybridized carbons (Fsp3) is 0.100. The van der Waals surface area contributed by atoms with Gasteiger partial charge in [0.1, 0.15) is 0 Å². The Labute approximate surface area is 70.5 Å². The van der Waals surface area contributed by atoms with Crippen LogP contribution in [0.5, 0.6) is 0 Å². The van der Waals surface area contributed by atoms with E-state index >= 15 is 0 Å². The maximum absolute atomic E-state index is 8.88. The zero-order valence-electron chi connectivity index (χ0n) is 6.57. The largest absolute Gasteiger partial charge is 0.392 e. The Morgan fingerprint density at radius 3 is 2.92 bits per heavy atom. The molecule has 0 saturated carbocycles. The summed E-state index contributed by atoms with van der Waals surface area (Å²) in [6.07, 6.45) is 3.56. The van der Waals surface area contributed by atoms with Crippen molar-refractivity contribution in [2.75, 3.05) is 0 Å². The zero-order valence-corrected chi connectivity index (χ0v) is 6.57. The number of hydrogen-bond acceptors (Lipinski definition) is 2. The monoisotopic (exact) mass is 159 g/mol. The van der Waals surface area contributed by atoms with Crippen LogP contribution in [0.25, 0.3) is 10.8 Å². The Hall–Kier alpha value is -1.41. The second kappa shape index (κ2) is 2.91. The fourth-order valence-corrected chi connectivity index (χ4v) is 1.23. The van der Waals surface area contributed by atoms with Crippen LogP contribution in [0.2, 0.25) is 0 Å². The molecule has 0 aliphatic rings. The number of aliphatic hydroxyl groups excluding tert-OH is 1. The molecule has 0 bridgehead atoms. The van der Waals surface area contributed by atoms with Crippen molar-refractivity contribution in [1.82, 2.24) is 4.98 Å². The van der Waals surface area contributed by atoms with Crippen molar-refractivity contribution in [3.05, 3.63) is 42.2 Å². The molecule has 0 saturated heterocycles. The summed E-state index contributed by atoms with van der Waals surface area (Å²) in [7, 11) is 0. The maximum atomic E-state index is 8.88. The molecule has 2 heteroatoms. The predicted octanol–water partition coefficient (Wildman–Crippen LogP) is 1.73. The lowest BCUT2D eigenvalue weighted by Gasteiger charge is -1.98. The number of fused-ring (bicyclic) bond motifs is 1. The molecule has 0 radical (unpaired) electrons. The van der Waals surface area contributed by atoms with Crippen LogP contribution in [-0.2, 0) is 6.61 Å². The summed E-state index contributed by atoms with van der Waals surface area (Å²) in [4.78, 5) is 4.01. The van der Waals surface area contributed by atoms with E-state index in [9.17, 15) is 0 Å². The van der Waals surface area contributed by atoms with Gasteiger partial charge in [0.15, 0.2) is 0 Å². The number of pyridine rings is 1. The molecule has 0 spiro atoms. The quantitative estimate of drug-likeness (QED) is 0.687. The summed E-state index contributed by atoms with van der Waals surface area (Å²) in [6, 6.07) is 7.81. The van der Waals surface area contributed by atoms with Crippen molar-refractivity contribution in [1.29, 1.82) is 0 Å². The lowest BCUT2D eigenvalue weighted by Crippen LogP contribution is -1.82. The van der Waals surface area contributed by atoms with Gasteiger partial charge in [-0.2, -0.15) is 0 Å². The van der Waals surface area contributed by atoms with Crippen LogP contribution in [0, 0.1) is 0 Å². The summed E-state index contributed by atoms with van der Waals surface area (Å²) in [6.45, 7) is 0.0881. The Bertz CT molecular complexity index is 398. The highest BCUT2D eigenvalue weighted by Crippen LogP contribution is 2.13. The predicted molar refractivity (Wildman–Crippen MR) is 47.7 cm³/mol. The first-order chi connectivity index (χ1) is 5.90. The minimum absolute atomic E-state index is 0.0881. The highest BCUT2D eigenvalue weighted by Gasteiger charge is 1.93. The Balaban J connectivity index is 2.67. The van der Waals surface area contributed by atoms with Gasteiger partial charge in [0.2, 0.25) is 0 Å². The van der Waals surface area contributed by atoms with Gasteiger partial charge in [-0.25, -0.2) is 0 Å². The summed E-state index contributed by atoms with van der Waals surface area (Å²) in [5, 5.41) is 11.1. The molecule has 0 amide bonds. The van der Waals surface area contributed by atoms with E-state index in [1.165, 1.54) is 0 Å². The van der Waals surface area contributed by atoms with E-state index in [0.717, 1.165) is 16.3 Å². The first-order valence-electron chi connectivity index (χ1n) is 3.83. The van der Waals surface area contributed by atoms with Crippen molar-refractivity contribution >= 4 is 10.8 Å². The smallest absolute Gasteiger partial charge is 0.0682 e. The third kappa shape index (κ3) is 1.17. The highest BCUT2D eigenvalue weighted by atomic mass is 16.3.